The van der Waals surface area contributed by atoms with Crippen molar-refractivity contribution < 1.29 is 29.4 Å². The van der Waals surface area contributed by atoms with Gasteiger partial charge in [-0.15, -0.1) is 0 Å². The third kappa shape index (κ3) is 15.9. The second-order valence-electron chi connectivity index (χ2n) is 16.0. The van der Waals surface area contributed by atoms with Crippen molar-refractivity contribution in [3.05, 3.63) is 142 Å². The molecule has 61 heavy (non-hydrogen) atoms. The quantitative estimate of drug-likeness (QED) is 0.235. The lowest BCUT2D eigenvalue weighted by Crippen LogP contribution is -2.49. The van der Waals surface area contributed by atoms with Crippen LogP contribution >= 0.6 is 0 Å². The number of piperazine rings is 2. The normalized spacial score (nSPS) is 16.5. The lowest BCUT2D eigenvalue weighted by Gasteiger charge is -2.34. The van der Waals surface area contributed by atoms with E-state index in [1.54, 1.807) is 4.90 Å². The average Bonchev–Trinajstić information content (AvgIpc) is 3.71. The summed E-state index contributed by atoms with van der Waals surface area (Å²) in [6.45, 7) is 19.4. The number of aryl methyl sites for hydroxylation is 4. The van der Waals surface area contributed by atoms with Crippen LogP contribution in [0.2, 0.25) is 0 Å². The van der Waals surface area contributed by atoms with Gasteiger partial charge in [-0.3, -0.25) is 24.1 Å². The molecule has 0 bridgehead atoms. The summed E-state index contributed by atoms with van der Waals surface area (Å²) in [6, 6.07) is 30.6. The second kappa shape index (κ2) is 24.8. The minimum absolute atomic E-state index is 0.00231. The van der Waals surface area contributed by atoms with E-state index in [2.05, 4.69) is 22.2 Å². The summed E-state index contributed by atoms with van der Waals surface area (Å²) >= 11 is 0. The van der Waals surface area contributed by atoms with E-state index in [0.29, 0.717) is 38.2 Å². The van der Waals surface area contributed by atoms with Crippen molar-refractivity contribution in [3.63, 3.8) is 0 Å². The number of likely N-dealkylation sites (N-methyl/N-ethyl adjacent to an activating group) is 1. The largest absolute Gasteiger partial charge is 0.395 e. The first-order chi connectivity index (χ1) is 29.3. The zero-order valence-corrected chi connectivity index (χ0v) is 37.0. The summed E-state index contributed by atoms with van der Waals surface area (Å²) in [6.07, 6.45) is 0.344. The van der Waals surface area contributed by atoms with Crippen molar-refractivity contribution in [1.29, 1.82) is 0 Å². The van der Waals surface area contributed by atoms with Crippen LogP contribution in [0, 0.1) is 27.7 Å². The van der Waals surface area contributed by atoms with Gasteiger partial charge in [0.2, 0.25) is 0 Å². The van der Waals surface area contributed by atoms with Crippen LogP contribution in [-0.2, 0) is 0 Å². The second-order valence-corrected chi connectivity index (χ2v) is 16.0. The van der Waals surface area contributed by atoms with Crippen LogP contribution in [0.4, 0.5) is 0 Å². The molecule has 12 heteroatoms. The van der Waals surface area contributed by atoms with Gasteiger partial charge in [-0.05, 0) is 96.6 Å². The van der Waals surface area contributed by atoms with Gasteiger partial charge in [0.15, 0.2) is 0 Å². The Kier molecular flexibility index (Phi) is 19.6. The standard InChI is InChI=1S/C14H20N2O2.C13H18N2O.C12H15NO2.C10H13NO/c1-12-2-4-13(5-3-12)14(18)16-8-6-15(7-9-16)10-11-17;1-11-3-5-12(6-4-11)13(16)15-9-7-14(2)8-10-15;1-9-2-4-10(5-3-9)12(15)13-7-6-11(14)8-13;1-3-11-10(12)9-6-4-8(2)5-7-9/h2-5,17H,6-11H2,1H3;3-6H,7-10H2,1-2H3;2-5,11,14H,6-8H2,1H3;4-7H,3H2,1-2H3,(H,11,12)/t;;11-;/m..1./s1. The molecule has 0 aliphatic carbocycles. The average molecular weight is 835 g/mol. The molecule has 7 rings (SSSR count). The van der Waals surface area contributed by atoms with Crippen LogP contribution in [0.5, 0.6) is 0 Å². The summed E-state index contributed by atoms with van der Waals surface area (Å²) < 4.78 is 0. The van der Waals surface area contributed by atoms with Crippen molar-refractivity contribution in [3.8, 4) is 0 Å². The van der Waals surface area contributed by atoms with Crippen molar-refractivity contribution in [2.75, 3.05) is 92.2 Å². The molecule has 0 saturated carbocycles. The van der Waals surface area contributed by atoms with Gasteiger partial charge >= 0.3 is 0 Å². The molecular formula is C49H66N6O6. The molecule has 3 N–H and O–H groups in total. The van der Waals surface area contributed by atoms with E-state index in [4.69, 9.17) is 5.11 Å². The smallest absolute Gasteiger partial charge is 0.253 e. The third-order valence-corrected chi connectivity index (χ3v) is 10.9. The lowest BCUT2D eigenvalue weighted by molar-refractivity contribution is 0.0613. The van der Waals surface area contributed by atoms with E-state index in [1.807, 2.05) is 141 Å². The molecule has 3 aliphatic heterocycles. The van der Waals surface area contributed by atoms with E-state index < -0.39 is 0 Å². The number of β-amino-alcohol motifs (C(OH)–C–C–N with tert-alkyl or cyclic N) is 2. The molecule has 4 aromatic rings. The van der Waals surface area contributed by atoms with Gasteiger partial charge in [0, 0.05) is 101 Å². The number of rotatable bonds is 7. The third-order valence-electron chi connectivity index (χ3n) is 10.9. The Balaban J connectivity index is 0.000000181. The first-order valence-corrected chi connectivity index (χ1v) is 21.4. The highest BCUT2D eigenvalue weighted by molar-refractivity contribution is 5.96. The summed E-state index contributed by atoms with van der Waals surface area (Å²) in [5, 5.41) is 21.0. The van der Waals surface area contributed by atoms with Crippen molar-refractivity contribution in [2.24, 2.45) is 0 Å². The number of carbonyl (C=O) groups is 4. The Morgan fingerprint density at radius 3 is 1.25 bits per heavy atom. The Morgan fingerprint density at radius 2 is 0.902 bits per heavy atom. The van der Waals surface area contributed by atoms with Gasteiger partial charge in [0.1, 0.15) is 0 Å². The first kappa shape index (κ1) is 48.3. The fraction of sp³-hybridized carbons (Fsp3) is 0.429. The summed E-state index contributed by atoms with van der Waals surface area (Å²) in [5.41, 5.74) is 7.66. The number of hydrogen-bond donors (Lipinski definition) is 3. The molecule has 12 nitrogen and oxygen atoms in total. The highest BCUT2D eigenvalue weighted by Crippen LogP contribution is 2.15. The van der Waals surface area contributed by atoms with Gasteiger partial charge in [0.05, 0.1) is 12.7 Å². The SMILES string of the molecule is CCNC(=O)c1ccc(C)cc1.Cc1ccc(C(=O)N2CCN(C)CC2)cc1.Cc1ccc(C(=O)N2CCN(CCO)CC2)cc1.Cc1ccc(C(=O)N2CC[C@@H](O)C2)cc1. The molecule has 3 aliphatic rings. The molecule has 1 atom stereocenters. The van der Waals surface area contributed by atoms with Crippen LogP contribution in [0.25, 0.3) is 0 Å². The van der Waals surface area contributed by atoms with E-state index in [9.17, 15) is 24.3 Å². The lowest BCUT2D eigenvalue weighted by atomic mass is 10.1. The summed E-state index contributed by atoms with van der Waals surface area (Å²) in [5.74, 6) is 0.288. The summed E-state index contributed by atoms with van der Waals surface area (Å²) in [4.78, 5) is 57.5. The number of aliphatic hydroxyl groups is 2. The maximum absolute atomic E-state index is 12.2. The Bertz CT molecular complexity index is 1960. The molecular weight excluding hydrogens is 769 g/mol. The fourth-order valence-electron chi connectivity index (χ4n) is 6.86. The molecule has 4 amide bonds. The van der Waals surface area contributed by atoms with Gasteiger partial charge < -0.3 is 35.1 Å². The maximum Gasteiger partial charge on any atom is 0.253 e. The predicted molar refractivity (Wildman–Crippen MR) is 242 cm³/mol. The molecule has 0 aromatic heterocycles. The van der Waals surface area contributed by atoms with Gasteiger partial charge in [-0.2, -0.15) is 0 Å². The van der Waals surface area contributed by atoms with Crippen molar-refractivity contribution >= 4 is 23.6 Å². The topological polar surface area (TPSA) is 137 Å². The molecule has 3 heterocycles. The van der Waals surface area contributed by atoms with E-state index in [-0.39, 0.29) is 36.3 Å². The zero-order chi connectivity index (χ0) is 44.3. The molecule has 4 aromatic carbocycles. The molecule has 0 radical (unpaired) electrons. The minimum atomic E-state index is -0.348. The minimum Gasteiger partial charge on any atom is -0.395 e. The van der Waals surface area contributed by atoms with Crippen molar-refractivity contribution in [2.45, 2.75) is 47.1 Å². The highest BCUT2D eigenvalue weighted by Gasteiger charge is 2.25. The van der Waals surface area contributed by atoms with E-state index in [1.165, 1.54) is 16.7 Å². The van der Waals surface area contributed by atoms with E-state index in [0.717, 1.165) is 74.6 Å². The number of amides is 4. The van der Waals surface area contributed by atoms with Crippen LogP contribution < -0.4 is 5.32 Å². The number of hydrogen-bond acceptors (Lipinski definition) is 8. The molecule has 0 spiro atoms. The van der Waals surface area contributed by atoms with Crippen molar-refractivity contribution in [1.82, 2.24) is 29.8 Å². The number of benzene rings is 4. The molecule has 328 valence electrons. The van der Waals surface area contributed by atoms with Crippen LogP contribution in [0.1, 0.15) is 77.0 Å². The Morgan fingerprint density at radius 1 is 0.541 bits per heavy atom. The highest BCUT2D eigenvalue weighted by atomic mass is 16.3. The number of carbonyl (C=O) groups excluding carboxylic acids is 4. The molecule has 3 fully saturated rings. The number of nitrogens with one attached hydrogen (secondary N) is 1. The number of aliphatic hydroxyl groups excluding tert-OH is 2. The van der Waals surface area contributed by atoms with Gasteiger partial charge in [0.25, 0.3) is 23.6 Å². The fourth-order valence-corrected chi connectivity index (χ4v) is 6.86. The Labute approximate surface area is 362 Å². The first-order valence-electron chi connectivity index (χ1n) is 21.4. The maximum atomic E-state index is 12.2. The molecule has 0 unspecified atom stereocenters. The number of likely N-dealkylation sites (tertiary alicyclic amines) is 1. The monoisotopic (exact) mass is 835 g/mol. The van der Waals surface area contributed by atoms with Gasteiger partial charge in [-0.25, -0.2) is 0 Å². The van der Waals surface area contributed by atoms with Gasteiger partial charge in [-0.1, -0.05) is 70.8 Å². The number of nitrogens with zero attached hydrogens (tertiary/aromatic N) is 5. The van der Waals surface area contributed by atoms with Crippen LogP contribution in [0.3, 0.4) is 0 Å². The van der Waals surface area contributed by atoms with Crippen LogP contribution in [0.15, 0.2) is 97.1 Å². The zero-order valence-electron chi connectivity index (χ0n) is 37.0. The van der Waals surface area contributed by atoms with E-state index >= 15 is 0 Å². The molecule has 3 saturated heterocycles. The predicted octanol–water partition coefficient (Wildman–Crippen LogP) is 5.07. The Hall–Kier alpha value is -5.40. The summed E-state index contributed by atoms with van der Waals surface area (Å²) in [7, 11) is 2.09. The van der Waals surface area contributed by atoms with Crippen LogP contribution in [-0.4, -0.2) is 157 Å².